The summed E-state index contributed by atoms with van der Waals surface area (Å²) in [6.07, 6.45) is 8.59. The molecule has 6 nitrogen and oxygen atoms in total. The molecule has 4 rings (SSSR count). The topological polar surface area (TPSA) is 63.2 Å². The van der Waals surface area contributed by atoms with Crippen LogP contribution >= 0.6 is 24.0 Å². The lowest BCUT2D eigenvalue weighted by Gasteiger charge is -2.57. The van der Waals surface area contributed by atoms with Crippen LogP contribution in [0.4, 0.5) is 0 Å². The average molecular weight is 505 g/mol. The van der Waals surface area contributed by atoms with Crippen molar-refractivity contribution in [3.05, 3.63) is 0 Å². The van der Waals surface area contributed by atoms with Crippen LogP contribution in [0.3, 0.4) is 0 Å². The molecule has 160 valence electrons. The fourth-order valence-corrected chi connectivity index (χ4v) is 6.02. The molecule has 2 aliphatic heterocycles. The molecule has 3 unspecified atom stereocenters. The highest BCUT2D eigenvalue weighted by molar-refractivity contribution is 14.0. The second-order valence-corrected chi connectivity index (χ2v) is 8.62. The Morgan fingerprint density at radius 2 is 1.93 bits per heavy atom. The van der Waals surface area contributed by atoms with Gasteiger partial charge in [-0.2, -0.15) is 0 Å². The Morgan fingerprint density at radius 1 is 1.21 bits per heavy atom. The molecule has 28 heavy (non-hydrogen) atoms. The summed E-state index contributed by atoms with van der Waals surface area (Å²) in [7, 11) is 0. The molecule has 4 aliphatic rings. The molecule has 4 fully saturated rings. The first kappa shape index (κ1) is 22.1. The van der Waals surface area contributed by atoms with Crippen molar-refractivity contribution in [3.8, 4) is 0 Å². The molecule has 0 aromatic heterocycles. The zero-order chi connectivity index (χ0) is 18.9. The molecule has 1 N–H and O–H groups in total. The van der Waals surface area contributed by atoms with Gasteiger partial charge in [-0.1, -0.05) is 12.8 Å². The molecule has 3 atom stereocenters. The smallest absolute Gasteiger partial charge is 0.309 e. The summed E-state index contributed by atoms with van der Waals surface area (Å²) >= 11 is 0. The van der Waals surface area contributed by atoms with E-state index in [2.05, 4.69) is 17.1 Å². The molecule has 7 heteroatoms. The van der Waals surface area contributed by atoms with Crippen molar-refractivity contribution in [2.75, 3.05) is 32.8 Å². The monoisotopic (exact) mass is 505 g/mol. The fraction of sp³-hybridized carbons (Fsp3) is 0.905. The quantitative estimate of drug-likeness (QED) is 0.275. The van der Waals surface area contributed by atoms with Gasteiger partial charge in [-0.15, -0.1) is 24.0 Å². The van der Waals surface area contributed by atoms with Gasteiger partial charge in [0.1, 0.15) is 0 Å². The zero-order valence-electron chi connectivity index (χ0n) is 17.3. The number of nitrogens with one attached hydrogen (secondary N) is 1. The highest BCUT2D eigenvalue weighted by Crippen LogP contribution is 2.60. The summed E-state index contributed by atoms with van der Waals surface area (Å²) in [4.78, 5) is 19.2. The number of carbonyl (C=O) groups excluding carboxylic acids is 1. The first-order chi connectivity index (χ1) is 13.2. The Morgan fingerprint density at radius 3 is 2.57 bits per heavy atom. The predicted octanol–water partition coefficient (Wildman–Crippen LogP) is 3.19. The Kier molecular flexibility index (Phi) is 7.50. The number of nitrogens with zero attached hydrogens (tertiary/aromatic N) is 2. The maximum atomic E-state index is 12.0. The minimum absolute atomic E-state index is 0. The van der Waals surface area contributed by atoms with Crippen molar-refractivity contribution >= 4 is 35.9 Å². The lowest BCUT2D eigenvalue weighted by molar-refractivity contribution is -0.149. The van der Waals surface area contributed by atoms with Gasteiger partial charge in [-0.3, -0.25) is 9.79 Å². The van der Waals surface area contributed by atoms with Crippen molar-refractivity contribution < 1.29 is 14.3 Å². The summed E-state index contributed by atoms with van der Waals surface area (Å²) in [5.41, 5.74) is 0.332. The Bertz CT molecular complexity index is 571. The van der Waals surface area contributed by atoms with E-state index in [4.69, 9.17) is 14.5 Å². The van der Waals surface area contributed by atoms with E-state index < -0.39 is 0 Å². The summed E-state index contributed by atoms with van der Waals surface area (Å²) in [5.74, 6) is 1.69. The summed E-state index contributed by atoms with van der Waals surface area (Å²) < 4.78 is 11.3. The van der Waals surface area contributed by atoms with Gasteiger partial charge >= 0.3 is 5.97 Å². The van der Waals surface area contributed by atoms with E-state index in [1.165, 1.54) is 32.1 Å². The van der Waals surface area contributed by atoms with Crippen LogP contribution in [-0.2, 0) is 14.3 Å². The number of halogens is 1. The maximum absolute atomic E-state index is 12.0. The standard InChI is InChI=1S/C21H35N3O3.HI/c1-3-22-20(24-12-7-15(8-13-24)19(25)26-4-2)23-17-16-9-14-27-18(16)21(17)10-5-6-11-21;/h15-18H,3-14H2,1-2H3,(H,22,23);1H. The van der Waals surface area contributed by atoms with Gasteiger partial charge in [-0.25, -0.2) is 0 Å². The number of fused-ring (bicyclic) bond motifs is 2. The zero-order valence-corrected chi connectivity index (χ0v) is 19.7. The van der Waals surface area contributed by atoms with Crippen LogP contribution in [0, 0.1) is 17.3 Å². The molecular formula is C21H36IN3O3. The summed E-state index contributed by atoms with van der Waals surface area (Å²) in [6, 6.07) is 0.501. The molecule has 0 aromatic carbocycles. The van der Waals surface area contributed by atoms with E-state index in [0.717, 1.165) is 45.0 Å². The summed E-state index contributed by atoms with van der Waals surface area (Å²) in [5, 5.41) is 3.88. The van der Waals surface area contributed by atoms with E-state index in [9.17, 15) is 4.79 Å². The first-order valence-corrected chi connectivity index (χ1v) is 11.0. The highest BCUT2D eigenvalue weighted by atomic mass is 127. The molecule has 2 saturated heterocycles. The number of carbonyl (C=O) groups is 1. The minimum atomic E-state index is -0.0334. The lowest BCUT2D eigenvalue weighted by Crippen LogP contribution is -2.69. The second-order valence-electron chi connectivity index (χ2n) is 8.62. The van der Waals surface area contributed by atoms with E-state index >= 15 is 0 Å². The van der Waals surface area contributed by atoms with E-state index in [-0.39, 0.29) is 35.9 Å². The average Bonchev–Trinajstić information content (AvgIpc) is 3.34. The van der Waals surface area contributed by atoms with Gasteiger partial charge in [0.15, 0.2) is 5.96 Å². The third kappa shape index (κ3) is 3.89. The third-order valence-electron chi connectivity index (χ3n) is 7.29. The van der Waals surface area contributed by atoms with Crippen LogP contribution in [0.1, 0.15) is 58.8 Å². The molecule has 0 amide bonds. The van der Waals surface area contributed by atoms with Gasteiger partial charge in [0, 0.05) is 43.6 Å². The Hall–Kier alpha value is -0.570. The maximum Gasteiger partial charge on any atom is 0.309 e. The number of esters is 1. The highest BCUT2D eigenvalue weighted by Gasteiger charge is 2.65. The molecular weight excluding hydrogens is 469 g/mol. The molecule has 2 saturated carbocycles. The molecule has 0 bridgehead atoms. The molecule has 1 spiro atoms. The van der Waals surface area contributed by atoms with Gasteiger partial charge < -0.3 is 19.7 Å². The van der Waals surface area contributed by atoms with Crippen LogP contribution in [0.25, 0.3) is 0 Å². The van der Waals surface area contributed by atoms with Gasteiger partial charge in [0.05, 0.1) is 18.6 Å². The van der Waals surface area contributed by atoms with Gasteiger partial charge in [0.25, 0.3) is 0 Å². The Labute approximate surface area is 186 Å². The van der Waals surface area contributed by atoms with Gasteiger partial charge in [0.2, 0.25) is 0 Å². The van der Waals surface area contributed by atoms with E-state index in [1.54, 1.807) is 0 Å². The number of guanidine groups is 1. The minimum Gasteiger partial charge on any atom is -0.466 e. The van der Waals surface area contributed by atoms with Crippen LogP contribution < -0.4 is 5.32 Å². The van der Waals surface area contributed by atoms with Gasteiger partial charge in [-0.05, 0) is 46.0 Å². The van der Waals surface area contributed by atoms with Crippen LogP contribution in [-0.4, -0.2) is 61.8 Å². The van der Waals surface area contributed by atoms with Crippen molar-refractivity contribution in [2.45, 2.75) is 70.9 Å². The number of likely N-dealkylation sites (tertiary alicyclic amines) is 1. The van der Waals surface area contributed by atoms with E-state index in [1.807, 2.05) is 6.92 Å². The van der Waals surface area contributed by atoms with Crippen molar-refractivity contribution in [1.29, 1.82) is 0 Å². The molecule has 2 heterocycles. The number of hydrogen-bond donors (Lipinski definition) is 1. The lowest BCUT2D eigenvalue weighted by atomic mass is 9.54. The largest absolute Gasteiger partial charge is 0.466 e. The predicted molar refractivity (Wildman–Crippen MR) is 120 cm³/mol. The molecule has 0 radical (unpaired) electrons. The normalized spacial score (nSPS) is 31.9. The third-order valence-corrected chi connectivity index (χ3v) is 7.29. The number of aliphatic imine (C=N–C) groups is 1. The number of hydrogen-bond acceptors (Lipinski definition) is 4. The second kappa shape index (κ2) is 9.49. The summed E-state index contributed by atoms with van der Waals surface area (Å²) in [6.45, 7) is 7.89. The van der Waals surface area contributed by atoms with Crippen LogP contribution in [0.15, 0.2) is 4.99 Å². The van der Waals surface area contributed by atoms with Crippen molar-refractivity contribution in [2.24, 2.45) is 22.2 Å². The molecule has 0 aromatic rings. The van der Waals surface area contributed by atoms with Crippen LogP contribution in [0.2, 0.25) is 0 Å². The molecule has 2 aliphatic carbocycles. The van der Waals surface area contributed by atoms with Crippen molar-refractivity contribution in [3.63, 3.8) is 0 Å². The number of rotatable bonds is 4. The van der Waals surface area contributed by atoms with E-state index in [0.29, 0.717) is 30.1 Å². The number of piperidine rings is 1. The Balaban J connectivity index is 0.00000225. The van der Waals surface area contributed by atoms with Crippen molar-refractivity contribution in [1.82, 2.24) is 10.2 Å². The SMILES string of the molecule is CCN=C(NC1C2CCOC2C12CCCC2)N1CCC(C(=O)OCC)CC1.I. The van der Waals surface area contributed by atoms with Crippen LogP contribution in [0.5, 0.6) is 0 Å². The fourth-order valence-electron chi connectivity index (χ4n) is 6.02. The first-order valence-electron chi connectivity index (χ1n) is 11.0. The number of ether oxygens (including phenoxy) is 2.